The predicted octanol–water partition coefficient (Wildman–Crippen LogP) is 1.72. The van der Waals surface area contributed by atoms with Crippen molar-refractivity contribution in [2.45, 2.75) is 19.5 Å². The Morgan fingerprint density at radius 3 is 2.42 bits per heavy atom. The molecule has 3 aromatic rings. The van der Waals surface area contributed by atoms with Crippen LogP contribution in [0.1, 0.15) is 12.0 Å². The van der Waals surface area contributed by atoms with E-state index in [0.717, 1.165) is 17.5 Å². The summed E-state index contributed by atoms with van der Waals surface area (Å²) in [6.07, 6.45) is 0.749. The summed E-state index contributed by atoms with van der Waals surface area (Å²) in [4.78, 5) is 15.8. The molecule has 0 aliphatic heterocycles. The lowest BCUT2D eigenvalue weighted by atomic mass is 10.2. The van der Waals surface area contributed by atoms with Crippen LogP contribution < -0.4 is 5.73 Å². The van der Waals surface area contributed by atoms with Crippen LogP contribution in [-0.4, -0.2) is 44.1 Å². The van der Waals surface area contributed by atoms with E-state index >= 15 is 0 Å². The van der Waals surface area contributed by atoms with Gasteiger partial charge in [-0.2, -0.15) is 4.80 Å². The van der Waals surface area contributed by atoms with E-state index in [4.69, 9.17) is 5.73 Å². The van der Waals surface area contributed by atoms with E-state index < -0.39 is 0 Å². The molecule has 0 saturated carbocycles. The van der Waals surface area contributed by atoms with Crippen LogP contribution in [0.3, 0.4) is 0 Å². The van der Waals surface area contributed by atoms with E-state index in [1.807, 2.05) is 60.7 Å². The molecule has 0 bridgehead atoms. The summed E-state index contributed by atoms with van der Waals surface area (Å²) in [6.45, 7) is 1.74. The molecule has 0 aliphatic carbocycles. The molecule has 0 fully saturated rings. The van der Waals surface area contributed by atoms with Gasteiger partial charge >= 0.3 is 0 Å². The van der Waals surface area contributed by atoms with Crippen LogP contribution in [0.25, 0.3) is 11.4 Å². The molecular formula is C19H22N6O. The van der Waals surface area contributed by atoms with Crippen molar-refractivity contribution in [1.82, 2.24) is 25.1 Å². The van der Waals surface area contributed by atoms with Crippen LogP contribution in [0, 0.1) is 0 Å². The summed E-state index contributed by atoms with van der Waals surface area (Å²) in [5.74, 6) is 0.453. The number of hydrogen-bond acceptors (Lipinski definition) is 5. The highest BCUT2D eigenvalue weighted by Crippen LogP contribution is 2.12. The number of carbonyl (C=O) groups is 1. The molecule has 1 aromatic heterocycles. The highest BCUT2D eigenvalue weighted by molar-refractivity contribution is 5.75. The minimum Gasteiger partial charge on any atom is -0.337 e. The van der Waals surface area contributed by atoms with Gasteiger partial charge in [0.05, 0.1) is 0 Å². The Kier molecular flexibility index (Phi) is 6.05. The van der Waals surface area contributed by atoms with Gasteiger partial charge in [-0.1, -0.05) is 60.7 Å². The number of rotatable bonds is 8. The predicted molar refractivity (Wildman–Crippen MR) is 98.8 cm³/mol. The lowest BCUT2D eigenvalue weighted by molar-refractivity contribution is -0.133. The second-order valence-electron chi connectivity index (χ2n) is 5.95. The van der Waals surface area contributed by atoms with Crippen LogP contribution in [0.2, 0.25) is 0 Å². The van der Waals surface area contributed by atoms with E-state index in [2.05, 4.69) is 15.4 Å². The minimum absolute atomic E-state index is 0.0528. The quantitative estimate of drug-likeness (QED) is 0.668. The van der Waals surface area contributed by atoms with Gasteiger partial charge in [0, 0.05) is 18.7 Å². The maximum Gasteiger partial charge on any atom is 0.246 e. The molecule has 26 heavy (non-hydrogen) atoms. The Hall–Kier alpha value is -3.06. The SMILES string of the molecule is NCCCN(Cc1ccccc1)C(=O)Cn1nnc(-c2ccccc2)n1. The maximum absolute atomic E-state index is 12.7. The van der Waals surface area contributed by atoms with Crippen molar-refractivity contribution in [3.8, 4) is 11.4 Å². The molecule has 2 N–H and O–H groups in total. The van der Waals surface area contributed by atoms with Gasteiger partial charge in [-0.3, -0.25) is 4.79 Å². The highest BCUT2D eigenvalue weighted by Gasteiger charge is 2.16. The van der Waals surface area contributed by atoms with Gasteiger partial charge in [-0.15, -0.1) is 10.2 Å². The summed E-state index contributed by atoms with van der Waals surface area (Å²) in [7, 11) is 0. The summed E-state index contributed by atoms with van der Waals surface area (Å²) in [5, 5.41) is 12.4. The Morgan fingerprint density at radius 1 is 1.04 bits per heavy atom. The van der Waals surface area contributed by atoms with Gasteiger partial charge in [0.25, 0.3) is 0 Å². The van der Waals surface area contributed by atoms with Crippen molar-refractivity contribution >= 4 is 5.91 Å². The molecule has 134 valence electrons. The van der Waals surface area contributed by atoms with E-state index in [1.165, 1.54) is 4.80 Å². The first kappa shape index (κ1) is 17.8. The number of carbonyl (C=O) groups excluding carboxylic acids is 1. The summed E-state index contributed by atoms with van der Waals surface area (Å²) in [5.41, 5.74) is 7.56. The molecule has 0 radical (unpaired) electrons. The fourth-order valence-electron chi connectivity index (χ4n) is 2.61. The Morgan fingerprint density at radius 2 is 1.73 bits per heavy atom. The molecule has 0 aliphatic rings. The average molecular weight is 350 g/mol. The Labute approximate surface area is 152 Å². The number of amides is 1. The molecule has 0 unspecified atom stereocenters. The van der Waals surface area contributed by atoms with Gasteiger partial charge < -0.3 is 10.6 Å². The number of hydrogen-bond donors (Lipinski definition) is 1. The van der Waals surface area contributed by atoms with Crippen LogP contribution >= 0.6 is 0 Å². The lowest BCUT2D eigenvalue weighted by Gasteiger charge is -2.22. The van der Waals surface area contributed by atoms with Gasteiger partial charge in [-0.05, 0) is 23.7 Å². The van der Waals surface area contributed by atoms with E-state index in [9.17, 15) is 4.79 Å². The fraction of sp³-hybridized carbons (Fsp3) is 0.263. The van der Waals surface area contributed by atoms with Crippen molar-refractivity contribution in [3.05, 3.63) is 66.2 Å². The standard InChI is InChI=1S/C19H22N6O/c20-12-7-13-24(14-16-8-3-1-4-9-16)18(26)15-25-22-19(21-23-25)17-10-5-2-6-11-17/h1-6,8-11H,7,12-15,20H2. The van der Waals surface area contributed by atoms with Gasteiger partial charge in [0.15, 0.2) is 0 Å². The third-order valence-electron chi connectivity index (χ3n) is 3.96. The largest absolute Gasteiger partial charge is 0.337 e. The monoisotopic (exact) mass is 350 g/mol. The molecule has 0 spiro atoms. The number of tetrazole rings is 1. The minimum atomic E-state index is -0.0562. The first-order valence-corrected chi connectivity index (χ1v) is 8.61. The average Bonchev–Trinajstić information content (AvgIpc) is 3.15. The molecule has 2 aromatic carbocycles. The highest BCUT2D eigenvalue weighted by atomic mass is 16.2. The number of nitrogens with zero attached hydrogens (tertiary/aromatic N) is 5. The number of nitrogens with two attached hydrogens (primary N) is 1. The van der Waals surface area contributed by atoms with Crippen LogP contribution in [-0.2, 0) is 17.9 Å². The maximum atomic E-state index is 12.7. The molecule has 7 nitrogen and oxygen atoms in total. The van der Waals surface area contributed by atoms with E-state index in [1.54, 1.807) is 4.90 Å². The van der Waals surface area contributed by atoms with Crippen molar-refractivity contribution in [2.75, 3.05) is 13.1 Å². The zero-order chi connectivity index (χ0) is 18.2. The van der Waals surface area contributed by atoms with Crippen LogP contribution in [0.4, 0.5) is 0 Å². The normalized spacial score (nSPS) is 10.7. The van der Waals surface area contributed by atoms with Gasteiger partial charge in [0.2, 0.25) is 11.7 Å². The summed E-state index contributed by atoms with van der Waals surface area (Å²) < 4.78 is 0. The third kappa shape index (κ3) is 4.73. The van der Waals surface area contributed by atoms with Gasteiger partial charge in [0.1, 0.15) is 6.54 Å². The topological polar surface area (TPSA) is 89.9 Å². The Bertz CT molecular complexity index is 818. The summed E-state index contributed by atoms with van der Waals surface area (Å²) >= 11 is 0. The van der Waals surface area contributed by atoms with Crippen molar-refractivity contribution in [3.63, 3.8) is 0 Å². The van der Waals surface area contributed by atoms with Crippen molar-refractivity contribution < 1.29 is 4.79 Å². The summed E-state index contributed by atoms with van der Waals surface area (Å²) in [6, 6.07) is 19.5. The first-order chi connectivity index (χ1) is 12.8. The third-order valence-corrected chi connectivity index (χ3v) is 3.96. The molecule has 0 atom stereocenters. The van der Waals surface area contributed by atoms with E-state index in [0.29, 0.717) is 25.5 Å². The molecular weight excluding hydrogens is 328 g/mol. The van der Waals surface area contributed by atoms with Crippen molar-refractivity contribution in [1.29, 1.82) is 0 Å². The molecule has 7 heteroatoms. The smallest absolute Gasteiger partial charge is 0.246 e. The Balaban J connectivity index is 1.68. The zero-order valence-electron chi connectivity index (χ0n) is 14.5. The fourth-order valence-corrected chi connectivity index (χ4v) is 2.61. The van der Waals surface area contributed by atoms with Crippen LogP contribution in [0.15, 0.2) is 60.7 Å². The zero-order valence-corrected chi connectivity index (χ0v) is 14.5. The van der Waals surface area contributed by atoms with Gasteiger partial charge in [-0.25, -0.2) is 0 Å². The van der Waals surface area contributed by atoms with Crippen molar-refractivity contribution in [2.24, 2.45) is 5.73 Å². The van der Waals surface area contributed by atoms with Crippen LogP contribution in [0.5, 0.6) is 0 Å². The molecule has 3 rings (SSSR count). The second kappa shape index (κ2) is 8.87. The molecule has 1 heterocycles. The number of benzene rings is 2. The van der Waals surface area contributed by atoms with E-state index in [-0.39, 0.29) is 12.5 Å². The second-order valence-corrected chi connectivity index (χ2v) is 5.95. The molecule has 1 amide bonds. The molecule has 0 saturated heterocycles. The lowest BCUT2D eigenvalue weighted by Crippen LogP contribution is -2.35. The first-order valence-electron chi connectivity index (χ1n) is 8.61. The number of aromatic nitrogens is 4.